The van der Waals surface area contributed by atoms with Crippen molar-refractivity contribution in [3.63, 3.8) is 0 Å². The Morgan fingerprint density at radius 3 is 2.50 bits per heavy atom. The monoisotopic (exact) mass is 409 g/mol. The number of amides is 1. The number of carbonyl (C=O) groups excluding carboxylic acids is 1. The molecule has 1 aromatic heterocycles. The van der Waals surface area contributed by atoms with Crippen molar-refractivity contribution in [1.82, 2.24) is 14.6 Å². The van der Waals surface area contributed by atoms with E-state index in [0.29, 0.717) is 5.69 Å². The lowest BCUT2D eigenvalue weighted by atomic mass is 10.1. The normalized spacial score (nSPS) is 11.3. The molecule has 0 atom stereocenters. The van der Waals surface area contributed by atoms with Crippen LogP contribution in [0.5, 0.6) is 5.75 Å². The molecule has 0 saturated heterocycles. The van der Waals surface area contributed by atoms with E-state index in [0.717, 1.165) is 29.0 Å². The minimum absolute atomic E-state index is 0.0149. The zero-order valence-electron chi connectivity index (χ0n) is 16.3. The van der Waals surface area contributed by atoms with Crippen LogP contribution in [0.25, 0.3) is 0 Å². The highest BCUT2D eigenvalue weighted by molar-refractivity contribution is 7.89. The van der Waals surface area contributed by atoms with Gasteiger partial charge in [0.25, 0.3) is 0 Å². The highest BCUT2D eigenvalue weighted by Gasteiger charge is 2.17. The molecule has 9 heteroatoms. The van der Waals surface area contributed by atoms with E-state index in [1.54, 1.807) is 20.4 Å². The van der Waals surface area contributed by atoms with Gasteiger partial charge in [0, 0.05) is 37.3 Å². The zero-order chi connectivity index (χ0) is 20.9. The fourth-order valence-electron chi connectivity index (χ4n) is 2.72. The van der Waals surface area contributed by atoms with E-state index in [1.165, 1.54) is 17.0 Å². The number of hydrogen-bond donors (Lipinski definition) is 1. The van der Waals surface area contributed by atoms with E-state index >= 15 is 0 Å². The molecular weight excluding hydrogens is 385 g/mol. The molecular formula is C19H24FN3O4S. The number of nitrogens with zero attached hydrogens (tertiary/aromatic N) is 2. The Hall–Kier alpha value is -2.52. The van der Waals surface area contributed by atoms with Gasteiger partial charge in [-0.15, -0.1) is 0 Å². The van der Waals surface area contributed by atoms with Crippen molar-refractivity contribution in [2.45, 2.75) is 31.7 Å². The summed E-state index contributed by atoms with van der Waals surface area (Å²) in [6.07, 6.45) is 1.68. The molecule has 152 valence electrons. The Balaban J connectivity index is 1.93. The van der Waals surface area contributed by atoms with E-state index in [2.05, 4.69) is 9.71 Å². The number of ether oxygens (including phenoxy) is 1. The van der Waals surface area contributed by atoms with Crippen molar-refractivity contribution in [2.24, 2.45) is 0 Å². The third-order valence-corrected chi connectivity index (χ3v) is 5.79. The van der Waals surface area contributed by atoms with Crippen molar-refractivity contribution in [3.05, 3.63) is 53.1 Å². The molecule has 0 radical (unpaired) electrons. The van der Waals surface area contributed by atoms with Gasteiger partial charge in [-0.05, 0) is 38.1 Å². The predicted octanol–water partition coefficient (Wildman–Crippen LogP) is 2.17. The lowest BCUT2D eigenvalue weighted by molar-refractivity contribution is -0.130. The zero-order valence-corrected chi connectivity index (χ0v) is 17.1. The molecule has 0 fully saturated rings. The van der Waals surface area contributed by atoms with Crippen LogP contribution in [0.1, 0.15) is 23.2 Å². The van der Waals surface area contributed by atoms with Gasteiger partial charge in [-0.1, -0.05) is 0 Å². The molecule has 0 aliphatic heterocycles. The summed E-state index contributed by atoms with van der Waals surface area (Å²) in [5.74, 6) is -0.0205. The van der Waals surface area contributed by atoms with Crippen LogP contribution in [0.2, 0.25) is 0 Å². The van der Waals surface area contributed by atoms with Crippen LogP contribution in [0, 0.1) is 19.7 Å². The summed E-state index contributed by atoms with van der Waals surface area (Å²) >= 11 is 0. The summed E-state index contributed by atoms with van der Waals surface area (Å²) in [4.78, 5) is 18.1. The molecule has 28 heavy (non-hydrogen) atoms. The molecule has 1 N–H and O–H groups in total. The Bertz CT molecular complexity index is 946. The van der Waals surface area contributed by atoms with Crippen LogP contribution < -0.4 is 9.46 Å². The smallest absolute Gasteiger partial charge is 0.240 e. The number of aromatic nitrogens is 1. The van der Waals surface area contributed by atoms with Gasteiger partial charge in [0.2, 0.25) is 15.9 Å². The van der Waals surface area contributed by atoms with E-state index < -0.39 is 15.8 Å². The highest BCUT2D eigenvalue weighted by atomic mass is 32.2. The Morgan fingerprint density at radius 2 is 1.89 bits per heavy atom. The fraction of sp³-hybridized carbons (Fsp3) is 0.368. The van der Waals surface area contributed by atoms with Crippen molar-refractivity contribution in [3.8, 4) is 5.75 Å². The number of nitrogens with one attached hydrogen (secondary N) is 1. The molecule has 1 heterocycles. The number of pyridine rings is 1. The lowest BCUT2D eigenvalue weighted by Crippen LogP contribution is -2.32. The summed E-state index contributed by atoms with van der Waals surface area (Å²) in [5, 5.41) is 0. The molecule has 1 amide bonds. The molecule has 2 rings (SSSR count). The van der Waals surface area contributed by atoms with Crippen LogP contribution in [0.15, 0.2) is 35.4 Å². The Morgan fingerprint density at radius 1 is 1.25 bits per heavy atom. The predicted molar refractivity (Wildman–Crippen MR) is 103 cm³/mol. The molecule has 0 saturated carbocycles. The number of sulfonamides is 1. The quantitative estimate of drug-likeness (QED) is 0.722. The van der Waals surface area contributed by atoms with Crippen LogP contribution >= 0.6 is 0 Å². The maximum Gasteiger partial charge on any atom is 0.240 e. The number of aryl methyl sites for hydroxylation is 1. The number of carbonyl (C=O) groups is 1. The van der Waals surface area contributed by atoms with Gasteiger partial charge in [-0.25, -0.2) is 17.5 Å². The first kappa shape index (κ1) is 21.8. The molecule has 1 aromatic carbocycles. The summed E-state index contributed by atoms with van der Waals surface area (Å²) < 4.78 is 44.9. The molecule has 0 aliphatic carbocycles. The fourth-order valence-corrected chi connectivity index (χ4v) is 3.76. The van der Waals surface area contributed by atoms with Crippen LogP contribution in [-0.2, 0) is 21.4 Å². The summed E-state index contributed by atoms with van der Waals surface area (Å²) in [5.41, 5.74) is 2.48. The minimum atomic E-state index is -3.79. The van der Waals surface area contributed by atoms with E-state index in [4.69, 9.17) is 4.74 Å². The molecule has 2 aromatic rings. The average Bonchev–Trinajstić information content (AvgIpc) is 2.64. The minimum Gasteiger partial charge on any atom is -0.496 e. The van der Waals surface area contributed by atoms with Gasteiger partial charge in [-0.2, -0.15) is 0 Å². The summed E-state index contributed by atoms with van der Waals surface area (Å²) in [6.45, 7) is 3.99. The second kappa shape index (κ2) is 9.11. The molecule has 7 nitrogen and oxygen atoms in total. The third-order valence-electron chi connectivity index (χ3n) is 4.32. The van der Waals surface area contributed by atoms with Gasteiger partial charge in [0.15, 0.2) is 0 Å². The van der Waals surface area contributed by atoms with Gasteiger partial charge in [0.05, 0.1) is 24.2 Å². The van der Waals surface area contributed by atoms with Crippen LogP contribution in [-0.4, -0.2) is 44.9 Å². The number of hydrogen-bond acceptors (Lipinski definition) is 5. The summed E-state index contributed by atoms with van der Waals surface area (Å²) in [7, 11) is -0.580. The molecule has 0 aliphatic rings. The van der Waals surface area contributed by atoms with Crippen molar-refractivity contribution >= 4 is 15.9 Å². The largest absolute Gasteiger partial charge is 0.496 e. The first-order chi connectivity index (χ1) is 13.2. The second-order valence-electron chi connectivity index (χ2n) is 6.40. The Kier molecular flexibility index (Phi) is 7.09. The van der Waals surface area contributed by atoms with Gasteiger partial charge >= 0.3 is 0 Å². The van der Waals surface area contributed by atoms with Gasteiger partial charge in [0.1, 0.15) is 11.6 Å². The lowest BCUT2D eigenvalue weighted by Gasteiger charge is -2.19. The van der Waals surface area contributed by atoms with Crippen molar-refractivity contribution in [2.75, 3.05) is 20.7 Å². The first-order valence-electron chi connectivity index (χ1n) is 8.64. The van der Waals surface area contributed by atoms with Crippen LogP contribution in [0.3, 0.4) is 0 Å². The maximum atomic E-state index is 12.9. The second-order valence-corrected chi connectivity index (χ2v) is 8.16. The van der Waals surface area contributed by atoms with Gasteiger partial charge < -0.3 is 9.64 Å². The number of benzene rings is 1. The molecule has 0 spiro atoms. The van der Waals surface area contributed by atoms with Crippen molar-refractivity contribution < 1.29 is 22.3 Å². The SMILES string of the molecule is COc1c(C)cnc(CN(C)C(=O)CCNS(=O)(=O)c2ccc(F)cc2)c1C. The Labute approximate surface area is 164 Å². The van der Waals surface area contributed by atoms with E-state index in [9.17, 15) is 17.6 Å². The van der Waals surface area contributed by atoms with E-state index in [-0.39, 0.29) is 30.3 Å². The number of halogens is 1. The average molecular weight is 409 g/mol. The topological polar surface area (TPSA) is 88.6 Å². The van der Waals surface area contributed by atoms with Crippen molar-refractivity contribution in [1.29, 1.82) is 0 Å². The summed E-state index contributed by atoms with van der Waals surface area (Å²) in [6, 6.07) is 4.48. The number of rotatable bonds is 8. The maximum absolute atomic E-state index is 12.9. The molecule has 0 unspecified atom stereocenters. The van der Waals surface area contributed by atoms with E-state index in [1.807, 2.05) is 13.8 Å². The van der Waals surface area contributed by atoms with Crippen LogP contribution in [0.4, 0.5) is 4.39 Å². The first-order valence-corrected chi connectivity index (χ1v) is 10.1. The molecule has 0 bridgehead atoms. The number of methoxy groups -OCH3 is 1. The van der Waals surface area contributed by atoms with Gasteiger partial charge in [-0.3, -0.25) is 9.78 Å². The highest BCUT2D eigenvalue weighted by Crippen LogP contribution is 2.24. The third kappa shape index (κ3) is 5.26. The standard InChI is InChI=1S/C19H24FN3O4S/c1-13-11-21-17(14(2)19(13)27-4)12-23(3)18(24)9-10-22-28(25,26)16-7-5-15(20)6-8-16/h5-8,11,22H,9-10,12H2,1-4H3.